The third-order valence-electron chi connectivity index (χ3n) is 5.48. The predicted molar refractivity (Wildman–Crippen MR) is 109 cm³/mol. The molecule has 2 N–H and O–H groups in total. The fourth-order valence-corrected chi connectivity index (χ4v) is 4.99. The summed E-state index contributed by atoms with van der Waals surface area (Å²) in [6.07, 6.45) is 1.06. The lowest BCUT2D eigenvalue weighted by molar-refractivity contribution is 0.0931. The zero-order valence-electron chi connectivity index (χ0n) is 15.5. The number of aromatic nitrogens is 2. The Hall–Kier alpha value is -1.70. The van der Waals surface area contributed by atoms with Crippen LogP contribution < -0.4 is 16.2 Å². The van der Waals surface area contributed by atoms with Crippen molar-refractivity contribution >= 4 is 29.7 Å². The molecule has 146 valence electrons. The molecule has 2 aromatic heterocycles. The Labute approximate surface area is 168 Å². The van der Waals surface area contributed by atoms with E-state index in [0.29, 0.717) is 29.3 Å². The molecule has 1 saturated heterocycles. The van der Waals surface area contributed by atoms with Gasteiger partial charge in [-0.1, -0.05) is 19.9 Å². The summed E-state index contributed by atoms with van der Waals surface area (Å²) in [5.74, 6) is 0.881. The minimum Gasteiger partial charge on any atom is -0.348 e. The molecular formula is C19H25ClN4O2S. The van der Waals surface area contributed by atoms with Crippen LogP contribution in [0.5, 0.6) is 0 Å². The summed E-state index contributed by atoms with van der Waals surface area (Å²) in [4.78, 5) is 29.5. The summed E-state index contributed by atoms with van der Waals surface area (Å²) >= 11 is 1.38. The first-order valence-electron chi connectivity index (χ1n) is 9.20. The molecule has 0 saturated carbocycles. The molecule has 6 nitrogen and oxygen atoms in total. The van der Waals surface area contributed by atoms with Crippen LogP contribution >= 0.6 is 23.7 Å². The van der Waals surface area contributed by atoms with Gasteiger partial charge in [0.25, 0.3) is 11.5 Å². The van der Waals surface area contributed by atoms with Crippen LogP contribution in [0, 0.1) is 5.92 Å². The van der Waals surface area contributed by atoms with Crippen molar-refractivity contribution in [3.63, 3.8) is 0 Å². The highest BCUT2D eigenvalue weighted by molar-refractivity contribution is 7.11. The molecule has 4 heterocycles. The fourth-order valence-electron chi connectivity index (χ4n) is 4.10. The zero-order valence-corrected chi connectivity index (χ0v) is 17.1. The van der Waals surface area contributed by atoms with Gasteiger partial charge in [-0.3, -0.25) is 9.59 Å². The van der Waals surface area contributed by atoms with E-state index in [4.69, 9.17) is 0 Å². The average molecular weight is 409 g/mol. The van der Waals surface area contributed by atoms with Gasteiger partial charge in [-0.05, 0) is 24.3 Å². The van der Waals surface area contributed by atoms with Gasteiger partial charge in [0.2, 0.25) is 0 Å². The van der Waals surface area contributed by atoms with Gasteiger partial charge in [0, 0.05) is 42.7 Å². The van der Waals surface area contributed by atoms with E-state index in [-0.39, 0.29) is 29.9 Å². The lowest BCUT2D eigenvalue weighted by Gasteiger charge is -2.43. The number of thiazole rings is 1. The molecule has 27 heavy (non-hydrogen) atoms. The molecule has 2 bridgehead atoms. The summed E-state index contributed by atoms with van der Waals surface area (Å²) in [7, 11) is 0. The monoisotopic (exact) mass is 408 g/mol. The van der Waals surface area contributed by atoms with Crippen molar-refractivity contribution in [3.05, 3.63) is 50.3 Å². The number of amides is 1. The Bertz CT molecular complexity index is 879. The number of nitrogens with one attached hydrogen (secondary N) is 2. The number of hydrogen-bond acceptors (Lipinski definition) is 5. The van der Waals surface area contributed by atoms with Crippen LogP contribution in [-0.4, -0.2) is 35.1 Å². The fraction of sp³-hybridized carbons (Fsp3) is 0.526. The molecule has 4 rings (SSSR count). The molecule has 2 aliphatic heterocycles. The standard InChI is InChI=1S/C19H24N4O2S.ClH/c1-11(2)14-10-26-19(22-14)18(25)21-9-16-13-6-12(7-20-8-13)15-4-3-5-17(24)23(15)16;/h3-5,10-13,16,20H,6-9H2,1-2H3,(H,21,25);1H/t12-,13+,16+;/m1./s1. The van der Waals surface area contributed by atoms with E-state index >= 15 is 0 Å². The van der Waals surface area contributed by atoms with E-state index in [0.717, 1.165) is 30.9 Å². The van der Waals surface area contributed by atoms with E-state index in [9.17, 15) is 9.59 Å². The first-order chi connectivity index (χ1) is 12.5. The summed E-state index contributed by atoms with van der Waals surface area (Å²) < 4.78 is 1.90. The van der Waals surface area contributed by atoms with Crippen molar-refractivity contribution in [1.82, 2.24) is 20.2 Å². The van der Waals surface area contributed by atoms with E-state index < -0.39 is 0 Å². The van der Waals surface area contributed by atoms with Crippen molar-refractivity contribution in [3.8, 4) is 0 Å². The number of hydrogen-bond donors (Lipinski definition) is 2. The third-order valence-corrected chi connectivity index (χ3v) is 6.34. The maximum Gasteiger partial charge on any atom is 0.280 e. The van der Waals surface area contributed by atoms with Crippen LogP contribution in [0.15, 0.2) is 28.4 Å². The smallest absolute Gasteiger partial charge is 0.280 e. The van der Waals surface area contributed by atoms with E-state index in [2.05, 4.69) is 29.5 Å². The van der Waals surface area contributed by atoms with Crippen LogP contribution in [0.25, 0.3) is 0 Å². The molecule has 2 aliphatic rings. The molecule has 2 aromatic rings. The average Bonchev–Trinajstić information content (AvgIpc) is 3.13. The molecule has 0 unspecified atom stereocenters. The Morgan fingerprint density at radius 2 is 2.22 bits per heavy atom. The van der Waals surface area contributed by atoms with Crippen molar-refractivity contribution in [2.45, 2.75) is 38.1 Å². The lowest BCUT2D eigenvalue weighted by Crippen LogP contribution is -2.50. The van der Waals surface area contributed by atoms with Crippen LogP contribution in [0.1, 0.15) is 59.3 Å². The Balaban J connectivity index is 0.00000210. The predicted octanol–water partition coefficient (Wildman–Crippen LogP) is 2.53. The van der Waals surface area contributed by atoms with E-state index in [1.165, 1.54) is 11.3 Å². The summed E-state index contributed by atoms with van der Waals surface area (Å²) in [5.41, 5.74) is 2.05. The largest absolute Gasteiger partial charge is 0.348 e. The van der Waals surface area contributed by atoms with Crippen molar-refractivity contribution in [2.24, 2.45) is 5.92 Å². The minimum atomic E-state index is -0.154. The molecule has 1 amide bonds. The van der Waals surface area contributed by atoms with E-state index in [1.807, 2.05) is 22.1 Å². The normalized spacial score (nSPS) is 23.4. The SMILES string of the molecule is CC(C)c1csc(C(=O)NC[C@H]2[C@@H]3CNC[C@@H](C3)c3cccc(=O)n32)n1.Cl. The van der Waals surface area contributed by atoms with Gasteiger partial charge in [0.15, 0.2) is 5.01 Å². The summed E-state index contributed by atoms with van der Waals surface area (Å²) in [6, 6.07) is 5.47. The van der Waals surface area contributed by atoms with Gasteiger partial charge in [0.1, 0.15) is 0 Å². The molecule has 0 radical (unpaired) electrons. The van der Waals surface area contributed by atoms with Crippen molar-refractivity contribution in [2.75, 3.05) is 19.6 Å². The number of carbonyl (C=O) groups is 1. The number of halogens is 1. The molecule has 1 fully saturated rings. The molecular weight excluding hydrogens is 384 g/mol. The number of piperidine rings is 1. The van der Waals surface area contributed by atoms with Crippen LogP contribution in [0.4, 0.5) is 0 Å². The minimum absolute atomic E-state index is 0. The van der Waals surface area contributed by atoms with Crippen molar-refractivity contribution < 1.29 is 4.79 Å². The van der Waals surface area contributed by atoms with Gasteiger partial charge < -0.3 is 15.2 Å². The third kappa shape index (κ3) is 3.81. The Morgan fingerprint density at radius 1 is 1.41 bits per heavy atom. The Kier molecular flexibility index (Phi) is 6.03. The first kappa shape index (κ1) is 20.0. The van der Waals surface area contributed by atoms with Gasteiger partial charge in [0.05, 0.1) is 11.7 Å². The summed E-state index contributed by atoms with van der Waals surface area (Å²) in [5, 5.41) is 8.92. The highest BCUT2D eigenvalue weighted by Gasteiger charge is 2.37. The molecule has 0 aliphatic carbocycles. The maximum atomic E-state index is 12.5. The number of nitrogens with zero attached hydrogens (tertiary/aromatic N) is 2. The quantitative estimate of drug-likeness (QED) is 0.815. The number of fused-ring (bicyclic) bond motifs is 4. The van der Waals surface area contributed by atoms with Gasteiger partial charge >= 0.3 is 0 Å². The summed E-state index contributed by atoms with van der Waals surface area (Å²) in [6.45, 7) is 6.37. The second kappa shape index (κ2) is 8.12. The van der Waals surface area contributed by atoms with Gasteiger partial charge in [-0.2, -0.15) is 0 Å². The maximum absolute atomic E-state index is 12.5. The van der Waals surface area contributed by atoms with Gasteiger partial charge in [-0.15, -0.1) is 23.7 Å². The number of carbonyl (C=O) groups excluding carboxylic acids is 1. The second-order valence-electron chi connectivity index (χ2n) is 7.52. The molecule has 8 heteroatoms. The highest BCUT2D eigenvalue weighted by Crippen LogP contribution is 2.38. The highest BCUT2D eigenvalue weighted by atomic mass is 35.5. The molecule has 0 spiro atoms. The van der Waals surface area contributed by atoms with Gasteiger partial charge in [-0.25, -0.2) is 4.98 Å². The van der Waals surface area contributed by atoms with Crippen LogP contribution in [0.3, 0.4) is 0 Å². The second-order valence-corrected chi connectivity index (χ2v) is 8.38. The van der Waals surface area contributed by atoms with E-state index in [1.54, 1.807) is 6.07 Å². The zero-order chi connectivity index (χ0) is 18.3. The molecule has 3 atom stereocenters. The lowest BCUT2D eigenvalue weighted by atomic mass is 9.79. The first-order valence-corrected chi connectivity index (χ1v) is 10.1. The van der Waals surface area contributed by atoms with Crippen LogP contribution in [0.2, 0.25) is 0 Å². The molecule has 0 aromatic carbocycles. The number of pyridine rings is 1. The van der Waals surface area contributed by atoms with Crippen LogP contribution in [-0.2, 0) is 0 Å². The topological polar surface area (TPSA) is 76.0 Å². The Morgan fingerprint density at radius 3 is 2.96 bits per heavy atom. The number of rotatable bonds is 4. The van der Waals surface area contributed by atoms with Crippen molar-refractivity contribution in [1.29, 1.82) is 0 Å².